The van der Waals surface area contributed by atoms with Crippen molar-refractivity contribution in [2.24, 2.45) is 17.6 Å². The van der Waals surface area contributed by atoms with Crippen molar-refractivity contribution < 1.29 is 24.2 Å². The molecule has 0 radical (unpaired) electrons. The average Bonchev–Trinajstić information content (AvgIpc) is 2.82. The normalized spacial score (nSPS) is 23.4. The molecule has 3 unspecified atom stereocenters. The van der Waals surface area contributed by atoms with Crippen LogP contribution < -0.4 is 11.1 Å². The summed E-state index contributed by atoms with van der Waals surface area (Å²) in [7, 11) is 1.51. The molecule has 20 heavy (non-hydrogen) atoms. The maximum absolute atomic E-state index is 12.4. The van der Waals surface area contributed by atoms with Crippen molar-refractivity contribution in [2.75, 3.05) is 20.3 Å². The number of nitrogens with two attached hydrogens (primary N) is 1. The SMILES string of the molecule is CC(C)C(NC(N)=O)C(=O)N(C)C1COCC1C(=O)O. The molecule has 1 aliphatic rings. The molecule has 4 N–H and O–H groups in total. The van der Waals surface area contributed by atoms with E-state index < -0.39 is 30.0 Å². The number of hydrogen-bond donors (Lipinski definition) is 3. The first kappa shape index (κ1) is 16.2. The van der Waals surface area contributed by atoms with Gasteiger partial charge in [0, 0.05) is 7.05 Å². The van der Waals surface area contributed by atoms with E-state index in [1.807, 2.05) is 0 Å². The number of carboxylic acid groups (broad SMARTS) is 1. The Morgan fingerprint density at radius 1 is 1.35 bits per heavy atom. The number of carbonyl (C=O) groups excluding carboxylic acids is 2. The second kappa shape index (κ2) is 6.56. The molecule has 1 aliphatic heterocycles. The summed E-state index contributed by atoms with van der Waals surface area (Å²) in [6, 6.07) is -2.12. The van der Waals surface area contributed by atoms with E-state index in [4.69, 9.17) is 15.6 Å². The van der Waals surface area contributed by atoms with Crippen molar-refractivity contribution in [1.82, 2.24) is 10.2 Å². The molecule has 0 bridgehead atoms. The predicted molar refractivity (Wildman–Crippen MR) is 69.8 cm³/mol. The summed E-state index contributed by atoms with van der Waals surface area (Å²) in [4.78, 5) is 35.8. The van der Waals surface area contributed by atoms with Crippen molar-refractivity contribution >= 4 is 17.9 Å². The van der Waals surface area contributed by atoms with Gasteiger partial charge >= 0.3 is 12.0 Å². The maximum atomic E-state index is 12.4. The first-order valence-electron chi connectivity index (χ1n) is 6.38. The molecule has 8 heteroatoms. The van der Waals surface area contributed by atoms with Gasteiger partial charge in [-0.25, -0.2) is 4.79 Å². The number of carbonyl (C=O) groups is 3. The van der Waals surface area contributed by atoms with Crippen molar-refractivity contribution in [3.05, 3.63) is 0 Å². The number of ether oxygens (including phenoxy) is 1. The molecule has 0 aliphatic carbocycles. The third-order valence-electron chi connectivity index (χ3n) is 3.44. The lowest BCUT2D eigenvalue weighted by molar-refractivity contribution is -0.145. The van der Waals surface area contributed by atoms with Crippen molar-refractivity contribution in [3.63, 3.8) is 0 Å². The summed E-state index contributed by atoms with van der Waals surface area (Å²) in [6.45, 7) is 3.78. The van der Waals surface area contributed by atoms with E-state index in [9.17, 15) is 14.4 Å². The monoisotopic (exact) mass is 287 g/mol. The molecule has 0 aromatic heterocycles. The Balaban J connectivity index is 2.83. The number of rotatable bonds is 5. The lowest BCUT2D eigenvalue weighted by atomic mass is 9.99. The quantitative estimate of drug-likeness (QED) is 0.613. The Bertz CT molecular complexity index is 399. The summed E-state index contributed by atoms with van der Waals surface area (Å²) < 4.78 is 5.14. The number of amides is 3. The number of hydrogen-bond acceptors (Lipinski definition) is 4. The number of nitrogens with zero attached hydrogens (tertiary/aromatic N) is 1. The third-order valence-corrected chi connectivity index (χ3v) is 3.44. The summed E-state index contributed by atoms with van der Waals surface area (Å²) >= 11 is 0. The molecule has 1 rings (SSSR count). The zero-order valence-electron chi connectivity index (χ0n) is 11.8. The van der Waals surface area contributed by atoms with E-state index in [0.29, 0.717) is 0 Å². The van der Waals surface area contributed by atoms with Crippen LogP contribution in [-0.4, -0.2) is 60.3 Å². The second-order valence-electron chi connectivity index (χ2n) is 5.23. The van der Waals surface area contributed by atoms with Crippen LogP contribution in [0.4, 0.5) is 4.79 Å². The highest BCUT2D eigenvalue weighted by molar-refractivity contribution is 5.87. The molecule has 114 valence electrons. The minimum absolute atomic E-state index is 0.0766. The maximum Gasteiger partial charge on any atom is 0.312 e. The molecule has 3 amide bonds. The summed E-state index contributed by atoms with van der Waals surface area (Å²) in [5, 5.41) is 11.5. The molecule has 1 saturated heterocycles. The molecular formula is C12H21N3O5. The second-order valence-corrected chi connectivity index (χ2v) is 5.23. The molecule has 0 aromatic carbocycles. The van der Waals surface area contributed by atoms with Crippen LogP contribution in [0.25, 0.3) is 0 Å². The number of nitrogens with one attached hydrogen (secondary N) is 1. The lowest BCUT2D eigenvalue weighted by Gasteiger charge is -2.31. The van der Waals surface area contributed by atoms with Crippen molar-refractivity contribution in [2.45, 2.75) is 25.9 Å². The topological polar surface area (TPSA) is 122 Å². The third kappa shape index (κ3) is 3.60. The molecule has 0 aromatic rings. The lowest BCUT2D eigenvalue weighted by Crippen LogP contribution is -2.55. The van der Waals surface area contributed by atoms with Crippen LogP contribution in [0.1, 0.15) is 13.8 Å². The van der Waals surface area contributed by atoms with Crippen LogP contribution in [0.3, 0.4) is 0 Å². The standard InChI is InChI=1S/C12H21N3O5/c1-6(2)9(14-12(13)19)10(16)15(3)8-5-20-4-7(8)11(17)18/h6-9H,4-5H2,1-3H3,(H,17,18)(H3,13,14,19). The van der Waals surface area contributed by atoms with Gasteiger partial charge < -0.3 is 25.8 Å². The van der Waals surface area contributed by atoms with Gasteiger partial charge in [0.2, 0.25) is 5.91 Å². The van der Waals surface area contributed by atoms with Gasteiger partial charge in [0.1, 0.15) is 12.0 Å². The Morgan fingerprint density at radius 2 is 1.95 bits per heavy atom. The van der Waals surface area contributed by atoms with Crippen molar-refractivity contribution in [3.8, 4) is 0 Å². The molecule has 0 saturated carbocycles. The fourth-order valence-corrected chi connectivity index (χ4v) is 2.21. The average molecular weight is 287 g/mol. The molecule has 8 nitrogen and oxygen atoms in total. The molecular weight excluding hydrogens is 266 g/mol. The smallest absolute Gasteiger partial charge is 0.312 e. The fourth-order valence-electron chi connectivity index (χ4n) is 2.21. The predicted octanol–water partition coefficient (Wildman–Crippen LogP) is -0.763. The Hall–Kier alpha value is -1.83. The van der Waals surface area contributed by atoms with E-state index in [0.717, 1.165) is 0 Å². The van der Waals surface area contributed by atoms with Crippen LogP contribution in [-0.2, 0) is 14.3 Å². The van der Waals surface area contributed by atoms with Gasteiger partial charge in [-0.05, 0) is 5.92 Å². The first-order valence-corrected chi connectivity index (χ1v) is 6.38. The van der Waals surface area contributed by atoms with E-state index in [-0.39, 0.29) is 25.0 Å². The van der Waals surface area contributed by atoms with Gasteiger partial charge in [0.15, 0.2) is 0 Å². The summed E-state index contributed by atoms with van der Waals surface area (Å²) in [5.41, 5.74) is 5.06. The fraction of sp³-hybridized carbons (Fsp3) is 0.750. The highest BCUT2D eigenvalue weighted by Gasteiger charge is 2.40. The van der Waals surface area contributed by atoms with Crippen LogP contribution >= 0.6 is 0 Å². The van der Waals surface area contributed by atoms with Gasteiger partial charge in [-0.15, -0.1) is 0 Å². The van der Waals surface area contributed by atoms with E-state index in [1.165, 1.54) is 11.9 Å². The number of primary amides is 1. The van der Waals surface area contributed by atoms with Crippen molar-refractivity contribution in [1.29, 1.82) is 0 Å². The van der Waals surface area contributed by atoms with Gasteiger partial charge in [-0.3, -0.25) is 9.59 Å². The van der Waals surface area contributed by atoms with Crippen LogP contribution in [0.15, 0.2) is 0 Å². The molecule has 3 atom stereocenters. The van der Waals surface area contributed by atoms with Crippen LogP contribution in [0.2, 0.25) is 0 Å². The van der Waals surface area contributed by atoms with Gasteiger partial charge in [-0.2, -0.15) is 0 Å². The zero-order valence-corrected chi connectivity index (χ0v) is 11.8. The Labute approximate surface area is 117 Å². The van der Waals surface area contributed by atoms with E-state index >= 15 is 0 Å². The molecule has 1 fully saturated rings. The molecule has 1 heterocycles. The van der Waals surface area contributed by atoms with E-state index in [1.54, 1.807) is 13.8 Å². The number of carboxylic acids is 1. The van der Waals surface area contributed by atoms with E-state index in [2.05, 4.69) is 5.32 Å². The summed E-state index contributed by atoms with van der Waals surface area (Å²) in [6.07, 6.45) is 0. The Morgan fingerprint density at radius 3 is 2.40 bits per heavy atom. The number of likely N-dealkylation sites (N-methyl/N-ethyl adjacent to an activating group) is 1. The zero-order chi connectivity index (χ0) is 15.4. The highest BCUT2D eigenvalue weighted by atomic mass is 16.5. The number of aliphatic carboxylic acids is 1. The minimum Gasteiger partial charge on any atom is -0.481 e. The first-order chi connectivity index (χ1) is 9.25. The minimum atomic E-state index is -1.00. The van der Waals surface area contributed by atoms with Gasteiger partial charge in [0.25, 0.3) is 0 Å². The highest BCUT2D eigenvalue weighted by Crippen LogP contribution is 2.20. The number of urea groups is 1. The van der Waals surface area contributed by atoms with Gasteiger partial charge in [0.05, 0.1) is 19.3 Å². The van der Waals surface area contributed by atoms with Crippen LogP contribution in [0, 0.1) is 11.8 Å². The summed E-state index contributed by atoms with van der Waals surface area (Å²) in [5.74, 6) is -2.30. The van der Waals surface area contributed by atoms with Gasteiger partial charge in [-0.1, -0.05) is 13.8 Å². The van der Waals surface area contributed by atoms with Crippen LogP contribution in [0.5, 0.6) is 0 Å². The molecule has 0 spiro atoms. The largest absolute Gasteiger partial charge is 0.481 e. The Kier molecular flexibility index (Phi) is 5.32.